The SMILES string of the molecule is NC(=O)c1cn[nH]c1C1CCCN1C(=O)C1CCOCC1. The number of likely N-dealkylation sites (tertiary alicyclic amines) is 1. The molecule has 0 bridgehead atoms. The molecule has 7 nitrogen and oxygen atoms in total. The van der Waals surface area contributed by atoms with Crippen molar-refractivity contribution < 1.29 is 14.3 Å². The standard InChI is InChI=1S/C14H20N4O3/c15-13(19)10-8-16-17-12(10)11-2-1-5-18(11)14(20)9-3-6-21-7-4-9/h8-9,11H,1-7H2,(H2,15,19)(H,16,17). The van der Waals surface area contributed by atoms with Crippen molar-refractivity contribution in [3.63, 3.8) is 0 Å². The van der Waals surface area contributed by atoms with Gasteiger partial charge in [0, 0.05) is 25.7 Å². The van der Waals surface area contributed by atoms with Crippen LogP contribution in [0.1, 0.15) is 47.8 Å². The second kappa shape index (κ2) is 5.85. The van der Waals surface area contributed by atoms with Crippen LogP contribution in [0.15, 0.2) is 6.20 Å². The molecule has 7 heteroatoms. The summed E-state index contributed by atoms with van der Waals surface area (Å²) in [5.74, 6) is -0.325. The zero-order valence-electron chi connectivity index (χ0n) is 11.9. The number of hydrogen-bond acceptors (Lipinski definition) is 4. The fourth-order valence-electron chi connectivity index (χ4n) is 3.26. The second-order valence-corrected chi connectivity index (χ2v) is 5.64. The summed E-state index contributed by atoms with van der Waals surface area (Å²) in [5.41, 5.74) is 6.42. The molecule has 2 fully saturated rings. The van der Waals surface area contributed by atoms with Crippen LogP contribution in [0.2, 0.25) is 0 Å². The number of amides is 2. The Bertz CT molecular complexity index is 536. The molecule has 0 aromatic carbocycles. The van der Waals surface area contributed by atoms with Gasteiger partial charge in [0.2, 0.25) is 5.91 Å². The Morgan fingerprint density at radius 3 is 2.81 bits per heavy atom. The lowest BCUT2D eigenvalue weighted by Gasteiger charge is -2.30. The van der Waals surface area contributed by atoms with E-state index in [0.29, 0.717) is 24.5 Å². The van der Waals surface area contributed by atoms with E-state index in [9.17, 15) is 9.59 Å². The molecule has 3 N–H and O–H groups in total. The van der Waals surface area contributed by atoms with Crippen molar-refractivity contribution in [3.8, 4) is 0 Å². The first-order valence-corrected chi connectivity index (χ1v) is 7.39. The van der Waals surface area contributed by atoms with E-state index in [-0.39, 0.29) is 17.9 Å². The summed E-state index contributed by atoms with van der Waals surface area (Å²) in [7, 11) is 0. The highest BCUT2D eigenvalue weighted by atomic mass is 16.5. The van der Waals surface area contributed by atoms with Crippen LogP contribution >= 0.6 is 0 Å². The van der Waals surface area contributed by atoms with Gasteiger partial charge in [0.05, 0.1) is 23.5 Å². The van der Waals surface area contributed by atoms with Gasteiger partial charge in [-0.15, -0.1) is 0 Å². The number of hydrogen-bond donors (Lipinski definition) is 2. The number of aromatic amines is 1. The van der Waals surface area contributed by atoms with Gasteiger partial charge in [-0.3, -0.25) is 14.7 Å². The van der Waals surface area contributed by atoms with Crippen LogP contribution in [-0.4, -0.2) is 46.7 Å². The summed E-state index contributed by atoms with van der Waals surface area (Å²) in [5, 5.41) is 6.76. The van der Waals surface area contributed by atoms with Gasteiger partial charge < -0.3 is 15.4 Å². The predicted octanol–water partition coefficient (Wildman–Crippen LogP) is 0.599. The van der Waals surface area contributed by atoms with Crippen LogP contribution < -0.4 is 5.73 Å². The lowest BCUT2D eigenvalue weighted by Crippen LogP contribution is -2.38. The summed E-state index contributed by atoms with van der Waals surface area (Å²) < 4.78 is 5.31. The molecule has 2 amide bonds. The van der Waals surface area contributed by atoms with Gasteiger partial charge in [0.15, 0.2) is 0 Å². The van der Waals surface area contributed by atoms with Gasteiger partial charge in [-0.2, -0.15) is 5.10 Å². The van der Waals surface area contributed by atoms with Crippen LogP contribution in [-0.2, 0) is 9.53 Å². The van der Waals surface area contributed by atoms with E-state index >= 15 is 0 Å². The Balaban J connectivity index is 1.80. The summed E-state index contributed by atoms with van der Waals surface area (Å²) in [6.07, 6.45) is 4.74. The van der Waals surface area contributed by atoms with Gasteiger partial charge in [-0.25, -0.2) is 0 Å². The van der Waals surface area contributed by atoms with Gasteiger partial charge >= 0.3 is 0 Å². The number of carbonyl (C=O) groups is 2. The van der Waals surface area contributed by atoms with Crippen molar-refractivity contribution in [1.29, 1.82) is 0 Å². The minimum absolute atomic E-state index is 0.0271. The highest BCUT2D eigenvalue weighted by molar-refractivity contribution is 5.94. The largest absolute Gasteiger partial charge is 0.381 e. The normalized spacial score (nSPS) is 23.4. The molecule has 0 radical (unpaired) electrons. The number of nitrogens with two attached hydrogens (primary N) is 1. The van der Waals surface area contributed by atoms with Crippen molar-refractivity contribution in [2.45, 2.75) is 31.7 Å². The second-order valence-electron chi connectivity index (χ2n) is 5.64. The van der Waals surface area contributed by atoms with Crippen LogP contribution in [0.3, 0.4) is 0 Å². The number of H-pyrrole nitrogens is 1. The maximum Gasteiger partial charge on any atom is 0.252 e. The van der Waals surface area contributed by atoms with E-state index in [4.69, 9.17) is 10.5 Å². The van der Waals surface area contributed by atoms with Gasteiger partial charge in [0.1, 0.15) is 0 Å². The van der Waals surface area contributed by atoms with Crippen LogP contribution in [0.5, 0.6) is 0 Å². The topological polar surface area (TPSA) is 101 Å². The fraction of sp³-hybridized carbons (Fsp3) is 0.643. The van der Waals surface area contributed by atoms with E-state index < -0.39 is 5.91 Å². The van der Waals surface area contributed by atoms with Gasteiger partial charge in [-0.05, 0) is 25.7 Å². The number of aromatic nitrogens is 2. The van der Waals surface area contributed by atoms with Crippen molar-refractivity contribution >= 4 is 11.8 Å². The third kappa shape index (κ3) is 2.65. The zero-order chi connectivity index (χ0) is 14.8. The Morgan fingerprint density at radius 2 is 2.10 bits per heavy atom. The number of ether oxygens (including phenoxy) is 1. The summed E-state index contributed by atoms with van der Waals surface area (Å²) in [6.45, 7) is 2.01. The maximum absolute atomic E-state index is 12.7. The maximum atomic E-state index is 12.7. The van der Waals surface area contributed by atoms with Crippen molar-refractivity contribution in [3.05, 3.63) is 17.5 Å². The third-order valence-electron chi connectivity index (χ3n) is 4.37. The highest BCUT2D eigenvalue weighted by Gasteiger charge is 2.36. The Kier molecular flexibility index (Phi) is 3.92. The van der Waals surface area contributed by atoms with E-state index in [1.165, 1.54) is 6.20 Å². The highest BCUT2D eigenvalue weighted by Crippen LogP contribution is 2.34. The molecule has 3 rings (SSSR count). The average Bonchev–Trinajstić information content (AvgIpc) is 3.15. The molecule has 1 aromatic heterocycles. The quantitative estimate of drug-likeness (QED) is 0.851. The molecule has 3 heterocycles. The Hall–Kier alpha value is -1.89. The smallest absolute Gasteiger partial charge is 0.252 e. The molecule has 0 spiro atoms. The van der Waals surface area contributed by atoms with Crippen molar-refractivity contribution in [2.75, 3.05) is 19.8 Å². The molecule has 21 heavy (non-hydrogen) atoms. The van der Waals surface area contributed by atoms with E-state index in [2.05, 4.69) is 10.2 Å². The minimum Gasteiger partial charge on any atom is -0.381 e. The lowest BCUT2D eigenvalue weighted by atomic mass is 9.97. The van der Waals surface area contributed by atoms with Crippen molar-refractivity contribution in [1.82, 2.24) is 15.1 Å². The van der Waals surface area contributed by atoms with Crippen molar-refractivity contribution in [2.24, 2.45) is 11.7 Å². The molecule has 0 saturated carbocycles. The third-order valence-corrected chi connectivity index (χ3v) is 4.37. The first kappa shape index (κ1) is 14.1. The molecule has 1 atom stereocenters. The number of nitrogens with zero attached hydrogens (tertiary/aromatic N) is 2. The molecule has 1 unspecified atom stereocenters. The monoisotopic (exact) mass is 292 g/mol. The molecule has 0 aliphatic carbocycles. The first-order valence-electron chi connectivity index (χ1n) is 7.39. The molecular weight excluding hydrogens is 272 g/mol. The molecular formula is C14H20N4O3. The Morgan fingerprint density at radius 1 is 1.33 bits per heavy atom. The molecule has 2 aliphatic rings. The van der Waals surface area contributed by atoms with E-state index in [1.807, 2.05) is 4.90 Å². The lowest BCUT2D eigenvalue weighted by molar-refractivity contribution is -0.139. The van der Waals surface area contributed by atoms with E-state index in [0.717, 1.165) is 32.2 Å². The van der Waals surface area contributed by atoms with Crippen LogP contribution in [0.4, 0.5) is 0 Å². The molecule has 1 aromatic rings. The number of rotatable bonds is 3. The van der Waals surface area contributed by atoms with Gasteiger partial charge in [-0.1, -0.05) is 0 Å². The number of nitrogens with one attached hydrogen (secondary N) is 1. The first-order chi connectivity index (χ1) is 10.2. The fourth-order valence-corrected chi connectivity index (χ4v) is 3.26. The predicted molar refractivity (Wildman–Crippen MR) is 74.3 cm³/mol. The number of primary amides is 1. The number of carbonyl (C=O) groups excluding carboxylic acids is 2. The van der Waals surface area contributed by atoms with Gasteiger partial charge in [0.25, 0.3) is 5.91 Å². The van der Waals surface area contributed by atoms with Crippen LogP contribution in [0, 0.1) is 5.92 Å². The minimum atomic E-state index is -0.510. The molecule has 2 saturated heterocycles. The molecule has 114 valence electrons. The average molecular weight is 292 g/mol. The summed E-state index contributed by atoms with van der Waals surface area (Å²) in [4.78, 5) is 26.0. The summed E-state index contributed by atoms with van der Waals surface area (Å²) in [6, 6.07) is -0.120. The summed E-state index contributed by atoms with van der Waals surface area (Å²) >= 11 is 0. The van der Waals surface area contributed by atoms with E-state index in [1.54, 1.807) is 0 Å². The Labute approximate surface area is 122 Å². The van der Waals surface area contributed by atoms with Crippen LogP contribution in [0.25, 0.3) is 0 Å². The molecule has 2 aliphatic heterocycles. The zero-order valence-corrected chi connectivity index (χ0v) is 11.9.